The van der Waals surface area contributed by atoms with Gasteiger partial charge in [-0.2, -0.15) is 0 Å². The Morgan fingerprint density at radius 3 is 2.27 bits per heavy atom. The minimum absolute atomic E-state index is 0.000217. The first kappa shape index (κ1) is 29.6. The van der Waals surface area contributed by atoms with Crippen LogP contribution in [0.25, 0.3) is 0 Å². The number of amides is 2. The normalized spacial score (nSPS) is 15.2. The van der Waals surface area contributed by atoms with E-state index in [-0.39, 0.29) is 18.5 Å². The Morgan fingerprint density at radius 1 is 1.03 bits per heavy atom. The summed E-state index contributed by atoms with van der Waals surface area (Å²) >= 11 is 18.6. The molecule has 0 heterocycles. The molecule has 0 unspecified atom stereocenters. The zero-order valence-corrected chi connectivity index (χ0v) is 24.2. The highest BCUT2D eigenvalue weighted by molar-refractivity contribution is 7.92. The summed E-state index contributed by atoms with van der Waals surface area (Å²) < 4.78 is 26.5. The van der Waals surface area contributed by atoms with Gasteiger partial charge in [0, 0.05) is 27.7 Å². The molecule has 2 aromatic carbocycles. The number of hydrogen-bond donors (Lipinski definition) is 1. The summed E-state index contributed by atoms with van der Waals surface area (Å²) in [6.45, 7) is 2.86. The Hall–Kier alpha value is -2.00. The van der Waals surface area contributed by atoms with Gasteiger partial charge in [0.15, 0.2) is 0 Å². The zero-order chi connectivity index (χ0) is 27.3. The van der Waals surface area contributed by atoms with Crippen molar-refractivity contribution < 1.29 is 18.0 Å². The van der Waals surface area contributed by atoms with Crippen molar-refractivity contribution >= 4 is 62.3 Å². The summed E-state index contributed by atoms with van der Waals surface area (Å²) in [6.07, 6.45) is 6.05. The first-order chi connectivity index (χ1) is 17.4. The second-order valence-electron chi connectivity index (χ2n) is 9.48. The minimum Gasteiger partial charge on any atom is -0.352 e. The van der Waals surface area contributed by atoms with Crippen LogP contribution in [0.5, 0.6) is 0 Å². The molecule has 1 fully saturated rings. The Balaban J connectivity index is 1.93. The van der Waals surface area contributed by atoms with Crippen molar-refractivity contribution in [3.8, 4) is 0 Å². The Kier molecular flexibility index (Phi) is 10.1. The summed E-state index contributed by atoms with van der Waals surface area (Å²) in [5.41, 5.74) is 1.52. The predicted molar refractivity (Wildman–Crippen MR) is 150 cm³/mol. The van der Waals surface area contributed by atoms with E-state index in [1.54, 1.807) is 44.2 Å². The van der Waals surface area contributed by atoms with Crippen LogP contribution in [0.1, 0.15) is 50.2 Å². The van der Waals surface area contributed by atoms with Crippen molar-refractivity contribution in [2.75, 3.05) is 17.1 Å². The maximum atomic E-state index is 13.7. The molecule has 1 atom stereocenters. The van der Waals surface area contributed by atoms with Gasteiger partial charge in [-0.3, -0.25) is 13.9 Å². The lowest BCUT2D eigenvalue weighted by molar-refractivity contribution is -0.139. The fraction of sp³-hybridized carbons (Fsp3) is 0.462. The number of hydrogen-bond acceptors (Lipinski definition) is 4. The number of rotatable bonds is 9. The summed E-state index contributed by atoms with van der Waals surface area (Å²) in [6, 6.07) is 8.92. The number of sulfonamides is 1. The first-order valence-corrected chi connectivity index (χ1v) is 15.1. The average molecular weight is 589 g/mol. The number of carbonyl (C=O) groups is 2. The number of carbonyl (C=O) groups excluding carboxylic acids is 2. The number of nitrogens with one attached hydrogen (secondary N) is 1. The quantitative estimate of drug-likeness (QED) is 0.414. The van der Waals surface area contributed by atoms with E-state index in [0.717, 1.165) is 42.7 Å². The molecule has 202 valence electrons. The van der Waals surface area contributed by atoms with Crippen LogP contribution in [0, 0.1) is 6.92 Å². The number of nitrogens with zero attached hydrogens (tertiary/aromatic N) is 2. The van der Waals surface area contributed by atoms with Crippen molar-refractivity contribution in [3.63, 3.8) is 0 Å². The highest BCUT2D eigenvalue weighted by atomic mass is 35.5. The fourth-order valence-corrected chi connectivity index (χ4v) is 5.96. The molecule has 2 amide bonds. The zero-order valence-electron chi connectivity index (χ0n) is 21.1. The Labute approximate surface area is 234 Å². The molecule has 1 aliphatic carbocycles. The van der Waals surface area contributed by atoms with E-state index in [4.69, 9.17) is 34.8 Å². The molecule has 7 nitrogen and oxygen atoms in total. The van der Waals surface area contributed by atoms with Gasteiger partial charge in [-0.1, -0.05) is 66.2 Å². The van der Waals surface area contributed by atoms with Gasteiger partial charge < -0.3 is 10.2 Å². The van der Waals surface area contributed by atoms with Crippen LogP contribution in [0.15, 0.2) is 36.4 Å². The molecule has 0 spiro atoms. The highest BCUT2D eigenvalue weighted by Crippen LogP contribution is 2.28. The molecule has 11 heteroatoms. The van der Waals surface area contributed by atoms with Gasteiger partial charge in [0.1, 0.15) is 12.6 Å². The third kappa shape index (κ3) is 7.99. The smallest absolute Gasteiger partial charge is 0.244 e. The van der Waals surface area contributed by atoms with Crippen molar-refractivity contribution in [1.82, 2.24) is 10.2 Å². The van der Waals surface area contributed by atoms with Gasteiger partial charge in [0.25, 0.3) is 0 Å². The molecule has 1 saturated carbocycles. The van der Waals surface area contributed by atoms with Crippen molar-refractivity contribution in [2.24, 2.45) is 0 Å². The third-order valence-electron chi connectivity index (χ3n) is 6.59. The highest BCUT2D eigenvalue weighted by Gasteiger charge is 2.32. The van der Waals surface area contributed by atoms with E-state index in [1.165, 1.54) is 11.0 Å². The molecule has 0 bridgehead atoms. The summed E-state index contributed by atoms with van der Waals surface area (Å²) in [5, 5.41) is 4.18. The van der Waals surface area contributed by atoms with Gasteiger partial charge in [-0.25, -0.2) is 8.42 Å². The van der Waals surface area contributed by atoms with Gasteiger partial charge in [-0.05, 0) is 62.1 Å². The fourth-order valence-electron chi connectivity index (χ4n) is 4.43. The molecule has 0 radical (unpaired) electrons. The number of aryl methyl sites for hydroxylation is 1. The van der Waals surface area contributed by atoms with Crippen molar-refractivity contribution in [1.29, 1.82) is 0 Å². The minimum atomic E-state index is -3.86. The van der Waals surface area contributed by atoms with E-state index in [0.29, 0.717) is 31.9 Å². The van der Waals surface area contributed by atoms with Crippen LogP contribution in [-0.2, 0) is 26.2 Å². The second-order valence-corrected chi connectivity index (χ2v) is 12.7. The summed E-state index contributed by atoms with van der Waals surface area (Å²) in [4.78, 5) is 28.3. The van der Waals surface area contributed by atoms with Crippen LogP contribution >= 0.6 is 34.8 Å². The molecule has 1 N–H and O–H groups in total. The predicted octanol–water partition coefficient (Wildman–Crippen LogP) is 5.59. The lowest BCUT2D eigenvalue weighted by Gasteiger charge is -2.33. The van der Waals surface area contributed by atoms with E-state index >= 15 is 0 Å². The van der Waals surface area contributed by atoms with Gasteiger partial charge >= 0.3 is 0 Å². The maximum absolute atomic E-state index is 13.7. The SMILES string of the molecule is Cc1ccc(Cl)cc1N(CC(=O)N(Cc1ccc(Cl)cc1Cl)[C@@H](C)C(=O)NC1CCCCC1)S(C)(=O)=O. The molecule has 0 saturated heterocycles. The largest absolute Gasteiger partial charge is 0.352 e. The molecular weight excluding hydrogens is 557 g/mol. The Bertz CT molecular complexity index is 1250. The molecule has 2 aromatic rings. The maximum Gasteiger partial charge on any atom is 0.244 e. The van der Waals surface area contributed by atoms with Crippen LogP contribution in [0.3, 0.4) is 0 Å². The van der Waals surface area contributed by atoms with Crippen molar-refractivity contribution in [3.05, 3.63) is 62.6 Å². The Morgan fingerprint density at radius 2 is 1.65 bits per heavy atom. The molecular formula is C26H32Cl3N3O4S. The topological polar surface area (TPSA) is 86.8 Å². The van der Waals surface area contributed by atoms with Crippen LogP contribution in [0.2, 0.25) is 15.1 Å². The van der Waals surface area contributed by atoms with Crippen LogP contribution in [0.4, 0.5) is 5.69 Å². The van der Waals surface area contributed by atoms with Crippen LogP contribution < -0.4 is 9.62 Å². The average Bonchev–Trinajstić information content (AvgIpc) is 2.83. The van der Waals surface area contributed by atoms with Gasteiger partial charge in [0.2, 0.25) is 21.8 Å². The lowest BCUT2D eigenvalue weighted by atomic mass is 9.95. The summed E-state index contributed by atoms with van der Waals surface area (Å²) in [7, 11) is -3.86. The summed E-state index contributed by atoms with van der Waals surface area (Å²) in [5.74, 6) is -0.850. The van der Waals surface area contributed by atoms with E-state index in [1.807, 2.05) is 0 Å². The van der Waals surface area contributed by atoms with Crippen LogP contribution in [-0.4, -0.2) is 50.0 Å². The molecule has 3 rings (SSSR count). The molecule has 0 aliphatic heterocycles. The lowest BCUT2D eigenvalue weighted by Crippen LogP contribution is -2.53. The van der Waals surface area contributed by atoms with E-state index in [2.05, 4.69) is 5.32 Å². The first-order valence-electron chi connectivity index (χ1n) is 12.1. The van der Waals surface area contributed by atoms with E-state index < -0.39 is 28.5 Å². The van der Waals surface area contributed by atoms with Gasteiger partial charge in [0.05, 0.1) is 11.9 Å². The van der Waals surface area contributed by atoms with E-state index in [9.17, 15) is 18.0 Å². The monoisotopic (exact) mass is 587 g/mol. The third-order valence-corrected chi connectivity index (χ3v) is 8.54. The number of halogens is 3. The molecule has 1 aliphatic rings. The standard InChI is InChI=1S/C26H32Cl3N3O4S/c1-17-9-11-21(28)14-24(17)32(37(3,35)36)16-25(33)31(15-19-10-12-20(27)13-23(19)29)18(2)26(34)30-22-7-5-4-6-8-22/h9-14,18,22H,4-8,15-16H2,1-3H3,(H,30,34)/t18-/m0/s1. The number of anilines is 1. The number of benzene rings is 2. The molecule has 0 aromatic heterocycles. The second kappa shape index (κ2) is 12.7. The van der Waals surface area contributed by atoms with Gasteiger partial charge in [-0.15, -0.1) is 0 Å². The van der Waals surface area contributed by atoms with Crippen molar-refractivity contribution in [2.45, 2.75) is 64.6 Å². The molecule has 37 heavy (non-hydrogen) atoms.